The lowest BCUT2D eigenvalue weighted by molar-refractivity contribution is 0.866. The van der Waals surface area contributed by atoms with Gasteiger partial charge in [-0.1, -0.05) is 134 Å². The van der Waals surface area contributed by atoms with Crippen molar-refractivity contribution in [3.8, 4) is 0 Å². The lowest BCUT2D eigenvalue weighted by Gasteiger charge is -2.11. The molecule has 0 radical (unpaired) electrons. The molecule has 0 aliphatic rings. The minimum absolute atomic E-state index is 0.619. The van der Waals surface area contributed by atoms with E-state index in [0.717, 1.165) is 5.57 Å². The summed E-state index contributed by atoms with van der Waals surface area (Å²) in [6, 6.07) is 15.0. The van der Waals surface area contributed by atoms with E-state index in [1.54, 1.807) is 6.08 Å². The quantitative estimate of drug-likeness (QED) is 0.388. The number of allylic oxidation sites excluding steroid dienone is 6. The van der Waals surface area contributed by atoms with Gasteiger partial charge in [-0.2, -0.15) is 0 Å². The van der Waals surface area contributed by atoms with Gasteiger partial charge in [-0.05, 0) is 72.6 Å². The van der Waals surface area contributed by atoms with E-state index in [1.807, 2.05) is 46.8 Å². The second-order valence-corrected chi connectivity index (χ2v) is 7.74. The summed E-state index contributed by atoms with van der Waals surface area (Å²) in [6.45, 7) is 32.2. The highest BCUT2D eigenvalue weighted by Crippen LogP contribution is 2.25. The molecule has 0 atom stereocenters. The first-order valence-electron chi connectivity index (χ1n) is 12.2. The third-order valence-electron chi connectivity index (χ3n) is 5.04. The summed E-state index contributed by atoms with van der Waals surface area (Å²) in [4.78, 5) is 0. The normalized spacial score (nSPS) is 10.5. The number of aryl methyl sites for hydroxylation is 1. The fourth-order valence-corrected chi connectivity index (χ4v) is 2.92. The topological polar surface area (TPSA) is 0 Å². The summed E-state index contributed by atoms with van der Waals surface area (Å²) in [5.41, 5.74) is 10.0. The molecule has 0 aliphatic heterocycles. The highest BCUT2D eigenvalue weighted by atomic mass is 14.1. The van der Waals surface area contributed by atoms with Crippen molar-refractivity contribution in [2.24, 2.45) is 0 Å². The Bertz CT molecular complexity index is 900. The molecule has 0 amide bonds. The molecule has 33 heavy (non-hydrogen) atoms. The van der Waals surface area contributed by atoms with Gasteiger partial charge >= 0.3 is 0 Å². The van der Waals surface area contributed by atoms with E-state index in [0.29, 0.717) is 5.92 Å². The van der Waals surface area contributed by atoms with Crippen molar-refractivity contribution in [1.29, 1.82) is 0 Å². The van der Waals surface area contributed by atoms with E-state index in [2.05, 4.69) is 103 Å². The molecule has 0 heterocycles. The van der Waals surface area contributed by atoms with Gasteiger partial charge < -0.3 is 0 Å². The van der Waals surface area contributed by atoms with E-state index in [4.69, 9.17) is 0 Å². The maximum Gasteiger partial charge on any atom is -0.0195 e. The first kappa shape index (κ1) is 32.3. The maximum atomic E-state index is 3.98. The zero-order valence-electron chi connectivity index (χ0n) is 23.0. The van der Waals surface area contributed by atoms with Crippen LogP contribution in [0.25, 0.3) is 17.2 Å². The predicted octanol–water partition coefficient (Wildman–Crippen LogP) is 11.1. The lowest BCUT2D eigenvalue weighted by Crippen LogP contribution is -1.90. The van der Waals surface area contributed by atoms with Crippen LogP contribution in [0.4, 0.5) is 0 Å². The molecular formula is C33H48. The van der Waals surface area contributed by atoms with Crippen LogP contribution >= 0.6 is 0 Å². The molecule has 2 aromatic carbocycles. The van der Waals surface area contributed by atoms with Crippen LogP contribution in [0.3, 0.4) is 0 Å². The van der Waals surface area contributed by atoms with Crippen molar-refractivity contribution in [3.63, 3.8) is 0 Å². The van der Waals surface area contributed by atoms with Gasteiger partial charge in [-0.15, -0.1) is 0 Å². The van der Waals surface area contributed by atoms with E-state index >= 15 is 0 Å². The molecule has 0 spiro atoms. The Morgan fingerprint density at radius 3 is 1.79 bits per heavy atom. The van der Waals surface area contributed by atoms with Gasteiger partial charge in [0.25, 0.3) is 0 Å². The third-order valence-corrected chi connectivity index (χ3v) is 5.04. The van der Waals surface area contributed by atoms with Crippen molar-refractivity contribution in [2.75, 3.05) is 0 Å². The van der Waals surface area contributed by atoms with Crippen LogP contribution in [0.5, 0.6) is 0 Å². The van der Waals surface area contributed by atoms with Crippen molar-refractivity contribution in [1.82, 2.24) is 0 Å². The summed E-state index contributed by atoms with van der Waals surface area (Å²) >= 11 is 0. The summed E-state index contributed by atoms with van der Waals surface area (Å²) in [5.74, 6) is 0.619. The first-order valence-corrected chi connectivity index (χ1v) is 12.2. The van der Waals surface area contributed by atoms with Gasteiger partial charge in [0.05, 0.1) is 0 Å². The molecule has 0 saturated carbocycles. The Balaban J connectivity index is 0. The van der Waals surface area contributed by atoms with Crippen LogP contribution in [0, 0.1) is 6.92 Å². The first-order chi connectivity index (χ1) is 15.7. The number of hydrogen-bond donors (Lipinski definition) is 0. The van der Waals surface area contributed by atoms with Crippen LogP contribution in [0.1, 0.15) is 96.0 Å². The van der Waals surface area contributed by atoms with Crippen molar-refractivity contribution >= 4 is 17.2 Å². The average molecular weight is 445 g/mol. The van der Waals surface area contributed by atoms with Gasteiger partial charge in [0.1, 0.15) is 0 Å². The van der Waals surface area contributed by atoms with Gasteiger partial charge in [0.15, 0.2) is 0 Å². The molecule has 180 valence electrons. The van der Waals surface area contributed by atoms with Gasteiger partial charge in [0.2, 0.25) is 0 Å². The number of rotatable bonds is 6. The van der Waals surface area contributed by atoms with E-state index in [-0.39, 0.29) is 0 Å². The minimum atomic E-state index is 0.619. The van der Waals surface area contributed by atoms with Crippen LogP contribution in [0.2, 0.25) is 0 Å². The molecular weight excluding hydrogens is 396 g/mol. The standard InChI is InChI=1S/C18H22.C11H14.2C2H6/c1-7-8-9-14(4)16(6)18-11-10-17(13(2)3)12-15(18)5;1-4-10-5-7-11(8-6-10)9(2)3;2*1-2/h7-12H,1-2H2,3-6H3;4-9H,1H2,2-3H3;2*1-2H3/b9-8-,16-14+;;;. The van der Waals surface area contributed by atoms with Crippen LogP contribution in [-0.4, -0.2) is 0 Å². The molecule has 0 unspecified atom stereocenters. The molecule has 0 nitrogen and oxygen atoms in total. The van der Waals surface area contributed by atoms with Crippen molar-refractivity contribution in [2.45, 2.75) is 75.2 Å². The molecule has 0 aliphatic carbocycles. The lowest BCUT2D eigenvalue weighted by atomic mass is 9.94. The van der Waals surface area contributed by atoms with E-state index < -0.39 is 0 Å². The average Bonchev–Trinajstić information content (AvgIpc) is 2.84. The molecule has 0 aromatic heterocycles. The Morgan fingerprint density at radius 1 is 0.848 bits per heavy atom. The zero-order valence-corrected chi connectivity index (χ0v) is 23.0. The number of hydrogen-bond acceptors (Lipinski definition) is 0. The fraction of sp³-hybridized carbons (Fsp3) is 0.333. The maximum absolute atomic E-state index is 3.98. The Morgan fingerprint density at radius 2 is 1.39 bits per heavy atom. The zero-order chi connectivity index (χ0) is 26.0. The van der Waals surface area contributed by atoms with Crippen LogP contribution < -0.4 is 0 Å². The highest BCUT2D eigenvalue weighted by molar-refractivity contribution is 5.73. The smallest absolute Gasteiger partial charge is 0.0195 e. The minimum Gasteiger partial charge on any atom is -0.0991 e. The van der Waals surface area contributed by atoms with Gasteiger partial charge in [-0.25, -0.2) is 0 Å². The van der Waals surface area contributed by atoms with Crippen molar-refractivity contribution in [3.05, 3.63) is 114 Å². The molecule has 0 heteroatoms. The van der Waals surface area contributed by atoms with E-state index in [1.165, 1.54) is 39.0 Å². The largest absolute Gasteiger partial charge is 0.0991 e. The fourth-order valence-electron chi connectivity index (χ4n) is 2.92. The monoisotopic (exact) mass is 444 g/mol. The molecule has 0 bridgehead atoms. The summed E-state index contributed by atoms with van der Waals surface area (Å²) in [6.07, 6.45) is 7.72. The summed E-state index contributed by atoms with van der Waals surface area (Å²) < 4.78 is 0. The van der Waals surface area contributed by atoms with Crippen LogP contribution in [-0.2, 0) is 0 Å². The summed E-state index contributed by atoms with van der Waals surface area (Å²) in [5, 5.41) is 0. The Labute approximate surface area is 206 Å². The Hall–Kier alpha value is -2.86. The van der Waals surface area contributed by atoms with E-state index in [9.17, 15) is 0 Å². The third kappa shape index (κ3) is 12.1. The molecule has 0 saturated heterocycles. The molecule has 0 fully saturated rings. The molecule has 2 aromatic rings. The van der Waals surface area contributed by atoms with Crippen LogP contribution in [0.15, 0.2) is 86.0 Å². The van der Waals surface area contributed by atoms with Crippen molar-refractivity contribution < 1.29 is 0 Å². The van der Waals surface area contributed by atoms with Gasteiger partial charge in [-0.3, -0.25) is 0 Å². The second-order valence-electron chi connectivity index (χ2n) is 7.74. The Kier molecular flexibility index (Phi) is 18.3. The SMILES string of the molecule is C=C/C=C\C(C)=C(/C)c1ccc(C(=C)C)cc1C.C=Cc1ccc(C(C)C)cc1.CC.CC. The number of benzene rings is 2. The predicted molar refractivity (Wildman–Crippen MR) is 157 cm³/mol. The molecule has 0 N–H and O–H groups in total. The second kappa shape index (κ2) is 18.7. The summed E-state index contributed by atoms with van der Waals surface area (Å²) in [7, 11) is 0. The highest BCUT2D eigenvalue weighted by Gasteiger charge is 2.04. The van der Waals surface area contributed by atoms with Gasteiger partial charge in [0, 0.05) is 0 Å². The molecule has 2 rings (SSSR count).